The van der Waals surface area contributed by atoms with Crippen LogP contribution in [0.25, 0.3) is 16.2 Å². The van der Waals surface area contributed by atoms with E-state index >= 15 is 0 Å². The number of ketones is 1. The largest absolute Gasteiger partial charge is 0.368 e. The average molecular weight is 459 g/mol. The van der Waals surface area contributed by atoms with Crippen molar-refractivity contribution in [2.24, 2.45) is 0 Å². The number of aryl methyl sites for hydroxylation is 1. The summed E-state index contributed by atoms with van der Waals surface area (Å²) in [4.78, 5) is 34.4. The minimum absolute atomic E-state index is 0.0726. The Balaban J connectivity index is 1.23. The van der Waals surface area contributed by atoms with E-state index in [1.807, 2.05) is 45.1 Å². The van der Waals surface area contributed by atoms with E-state index in [2.05, 4.69) is 36.1 Å². The second-order valence-corrected chi connectivity index (χ2v) is 9.36. The van der Waals surface area contributed by atoms with Crippen LogP contribution in [-0.2, 0) is 11.2 Å². The third-order valence-electron chi connectivity index (χ3n) is 6.23. The van der Waals surface area contributed by atoms with Gasteiger partial charge in [0, 0.05) is 60.3 Å². The van der Waals surface area contributed by atoms with Crippen molar-refractivity contribution >= 4 is 33.7 Å². The maximum Gasteiger partial charge on any atom is 0.228 e. The normalized spacial score (nSPS) is 14.1. The van der Waals surface area contributed by atoms with Crippen molar-refractivity contribution in [2.45, 2.75) is 20.3 Å². The molecule has 1 fully saturated rings. The van der Waals surface area contributed by atoms with Gasteiger partial charge in [-0.1, -0.05) is 29.8 Å². The van der Waals surface area contributed by atoms with Gasteiger partial charge in [-0.2, -0.15) is 0 Å². The van der Waals surface area contributed by atoms with Crippen molar-refractivity contribution in [3.05, 3.63) is 76.9 Å². The van der Waals surface area contributed by atoms with Crippen molar-refractivity contribution in [3.63, 3.8) is 0 Å². The second-order valence-electron chi connectivity index (χ2n) is 8.52. The number of piperazine rings is 1. The molecule has 0 N–H and O–H groups in total. The molecule has 4 aromatic rings. The van der Waals surface area contributed by atoms with Crippen molar-refractivity contribution in [1.82, 2.24) is 14.3 Å². The summed E-state index contributed by atoms with van der Waals surface area (Å²) in [6.45, 7) is 6.61. The Morgan fingerprint density at radius 2 is 1.67 bits per heavy atom. The predicted molar refractivity (Wildman–Crippen MR) is 132 cm³/mol. The van der Waals surface area contributed by atoms with Crippen LogP contribution in [0.2, 0.25) is 0 Å². The lowest BCUT2D eigenvalue weighted by molar-refractivity contribution is -0.130. The summed E-state index contributed by atoms with van der Waals surface area (Å²) < 4.78 is 2.05. The van der Waals surface area contributed by atoms with Gasteiger partial charge in [-0.25, -0.2) is 4.98 Å². The first kappa shape index (κ1) is 21.4. The molecule has 2 aromatic carbocycles. The number of thiazole rings is 1. The van der Waals surface area contributed by atoms with Gasteiger partial charge in [0.05, 0.1) is 12.1 Å². The van der Waals surface area contributed by atoms with Crippen molar-refractivity contribution in [2.75, 3.05) is 31.1 Å². The number of amides is 1. The Morgan fingerprint density at radius 1 is 0.970 bits per heavy atom. The van der Waals surface area contributed by atoms with Gasteiger partial charge >= 0.3 is 0 Å². The molecule has 0 radical (unpaired) electrons. The van der Waals surface area contributed by atoms with Crippen LogP contribution in [0.15, 0.2) is 60.1 Å². The summed E-state index contributed by atoms with van der Waals surface area (Å²) in [5, 5.41) is 2.03. The molecule has 6 nitrogen and oxygen atoms in total. The Labute approximate surface area is 197 Å². The van der Waals surface area contributed by atoms with Crippen LogP contribution in [0.5, 0.6) is 0 Å². The number of nitrogens with zero attached hydrogens (tertiary/aromatic N) is 4. The van der Waals surface area contributed by atoms with E-state index in [1.54, 1.807) is 18.3 Å². The van der Waals surface area contributed by atoms with Crippen LogP contribution in [-0.4, -0.2) is 52.2 Å². The van der Waals surface area contributed by atoms with E-state index in [4.69, 9.17) is 4.98 Å². The standard InChI is InChI=1S/C26H26N4O2S/c1-18-3-5-21(6-4-18)24-16-30-23(17-33-26(30)27-24)15-25(32)29-13-11-28(12-14-29)22-9-7-20(8-10-22)19(2)31/h3-10,16-17H,11-15H2,1-2H3. The maximum absolute atomic E-state index is 13.0. The van der Waals surface area contributed by atoms with Crippen LogP contribution in [0.4, 0.5) is 5.69 Å². The average Bonchev–Trinajstić information content (AvgIpc) is 3.42. The van der Waals surface area contributed by atoms with Crippen LogP contribution >= 0.6 is 11.3 Å². The van der Waals surface area contributed by atoms with E-state index < -0.39 is 0 Å². The number of aromatic nitrogens is 2. The zero-order valence-corrected chi connectivity index (χ0v) is 19.6. The summed E-state index contributed by atoms with van der Waals surface area (Å²) in [6, 6.07) is 16.1. The van der Waals surface area contributed by atoms with E-state index in [1.165, 1.54) is 5.56 Å². The molecule has 0 saturated carbocycles. The molecule has 7 heteroatoms. The van der Waals surface area contributed by atoms with E-state index in [0.717, 1.165) is 46.3 Å². The molecule has 5 rings (SSSR count). The highest BCUT2D eigenvalue weighted by Gasteiger charge is 2.23. The Kier molecular flexibility index (Phi) is 5.72. The zero-order valence-electron chi connectivity index (χ0n) is 18.8. The Hall–Kier alpha value is -3.45. The molecule has 0 bridgehead atoms. The van der Waals surface area contributed by atoms with Gasteiger partial charge < -0.3 is 9.80 Å². The van der Waals surface area contributed by atoms with Crippen LogP contribution < -0.4 is 4.90 Å². The Morgan fingerprint density at radius 3 is 2.33 bits per heavy atom. The summed E-state index contributed by atoms with van der Waals surface area (Å²) in [5.41, 5.74) is 6.03. The number of imidazole rings is 1. The number of carbonyl (C=O) groups is 2. The molecule has 2 aromatic heterocycles. The van der Waals surface area contributed by atoms with Gasteiger partial charge in [-0.15, -0.1) is 11.3 Å². The first-order valence-electron chi connectivity index (χ1n) is 11.1. The van der Waals surface area contributed by atoms with Gasteiger partial charge in [0.25, 0.3) is 0 Å². The second kappa shape index (κ2) is 8.83. The van der Waals surface area contributed by atoms with E-state index in [-0.39, 0.29) is 11.7 Å². The molecule has 33 heavy (non-hydrogen) atoms. The first-order chi connectivity index (χ1) is 16.0. The maximum atomic E-state index is 13.0. The van der Waals surface area contributed by atoms with Gasteiger partial charge in [-0.05, 0) is 38.1 Å². The predicted octanol–water partition coefficient (Wildman–Crippen LogP) is 4.47. The van der Waals surface area contributed by atoms with Crippen molar-refractivity contribution in [3.8, 4) is 11.3 Å². The van der Waals surface area contributed by atoms with Crippen LogP contribution in [0.1, 0.15) is 28.5 Å². The molecule has 1 aliphatic heterocycles. The smallest absolute Gasteiger partial charge is 0.228 e. The molecular weight excluding hydrogens is 432 g/mol. The SMILES string of the molecule is CC(=O)c1ccc(N2CCN(C(=O)Cc3csc4nc(-c5ccc(C)cc5)cn34)CC2)cc1. The monoisotopic (exact) mass is 458 g/mol. The van der Waals surface area contributed by atoms with Gasteiger partial charge in [0.2, 0.25) is 5.91 Å². The number of benzene rings is 2. The zero-order chi connectivity index (χ0) is 22.9. The number of rotatable bonds is 5. The third-order valence-corrected chi connectivity index (χ3v) is 7.12. The number of Topliss-reactive ketones (excluding diaryl/α,β-unsaturated/α-hetero) is 1. The molecule has 1 saturated heterocycles. The fourth-order valence-electron chi connectivity index (χ4n) is 4.21. The van der Waals surface area contributed by atoms with E-state index in [9.17, 15) is 9.59 Å². The Bertz CT molecular complexity index is 1300. The molecule has 0 spiro atoms. The summed E-state index contributed by atoms with van der Waals surface area (Å²) in [7, 11) is 0. The number of hydrogen-bond acceptors (Lipinski definition) is 5. The van der Waals surface area contributed by atoms with Crippen molar-refractivity contribution in [1.29, 1.82) is 0 Å². The third kappa shape index (κ3) is 4.41. The van der Waals surface area contributed by atoms with Crippen LogP contribution in [0.3, 0.4) is 0 Å². The molecule has 0 atom stereocenters. The molecular formula is C26H26N4O2S. The lowest BCUT2D eigenvalue weighted by atomic mass is 10.1. The number of carbonyl (C=O) groups excluding carboxylic acids is 2. The fraction of sp³-hybridized carbons (Fsp3) is 0.269. The number of anilines is 1. The molecule has 3 heterocycles. The lowest BCUT2D eigenvalue weighted by Crippen LogP contribution is -2.49. The highest BCUT2D eigenvalue weighted by atomic mass is 32.1. The van der Waals surface area contributed by atoms with Gasteiger partial charge in [-0.3, -0.25) is 14.0 Å². The van der Waals surface area contributed by atoms with Gasteiger partial charge in [0.1, 0.15) is 0 Å². The van der Waals surface area contributed by atoms with Crippen molar-refractivity contribution < 1.29 is 9.59 Å². The summed E-state index contributed by atoms with van der Waals surface area (Å²) >= 11 is 1.57. The number of hydrogen-bond donors (Lipinski definition) is 0. The lowest BCUT2D eigenvalue weighted by Gasteiger charge is -2.36. The highest BCUT2D eigenvalue weighted by molar-refractivity contribution is 7.15. The molecule has 1 aliphatic rings. The van der Waals surface area contributed by atoms with E-state index in [0.29, 0.717) is 19.5 Å². The quantitative estimate of drug-likeness (QED) is 0.414. The highest BCUT2D eigenvalue weighted by Crippen LogP contribution is 2.25. The number of fused-ring (bicyclic) bond motifs is 1. The molecule has 0 unspecified atom stereocenters. The molecule has 1 amide bonds. The van der Waals surface area contributed by atoms with Crippen LogP contribution in [0, 0.1) is 6.92 Å². The minimum atomic E-state index is 0.0726. The summed E-state index contributed by atoms with van der Waals surface area (Å²) in [6.07, 6.45) is 2.40. The molecule has 0 aliphatic carbocycles. The van der Waals surface area contributed by atoms with Gasteiger partial charge in [0.15, 0.2) is 10.7 Å². The fourth-order valence-corrected chi connectivity index (χ4v) is 5.08. The topological polar surface area (TPSA) is 57.9 Å². The molecule has 168 valence electrons. The summed E-state index contributed by atoms with van der Waals surface area (Å²) in [5.74, 6) is 0.218. The minimum Gasteiger partial charge on any atom is -0.368 e. The first-order valence-corrected chi connectivity index (χ1v) is 12.0.